The second-order valence-corrected chi connectivity index (χ2v) is 6.73. The number of H-pyrrole nitrogens is 1. The Bertz CT molecular complexity index is 820. The molecule has 1 aliphatic rings. The van der Waals surface area contributed by atoms with Gasteiger partial charge in [-0.3, -0.25) is 4.79 Å². The number of carbonyl (C=O) groups excluding carboxylic acids is 1. The van der Waals surface area contributed by atoms with Gasteiger partial charge in [-0.2, -0.15) is 0 Å². The molecule has 3 heterocycles. The van der Waals surface area contributed by atoms with Gasteiger partial charge in [0.25, 0.3) is 5.91 Å². The molecule has 1 unspecified atom stereocenters. The number of ether oxygens (including phenoxy) is 2. The average molecular weight is 342 g/mol. The molecule has 5 nitrogen and oxygen atoms in total. The SMILES string of the molecule is O=C(Nc1ccccc1OCC1CCCO1)c1cc2sccc2[nH]1. The first kappa shape index (κ1) is 15.2. The van der Waals surface area contributed by atoms with E-state index in [0.717, 1.165) is 29.7 Å². The van der Waals surface area contributed by atoms with Gasteiger partial charge in [0, 0.05) is 6.61 Å². The molecule has 2 N–H and O–H groups in total. The number of amides is 1. The van der Waals surface area contributed by atoms with Crippen LogP contribution in [0.1, 0.15) is 23.3 Å². The predicted octanol–water partition coefficient (Wildman–Crippen LogP) is 4.04. The molecule has 24 heavy (non-hydrogen) atoms. The van der Waals surface area contributed by atoms with E-state index in [9.17, 15) is 4.79 Å². The summed E-state index contributed by atoms with van der Waals surface area (Å²) >= 11 is 1.61. The molecular weight excluding hydrogens is 324 g/mol. The molecule has 0 aliphatic carbocycles. The van der Waals surface area contributed by atoms with Crippen LogP contribution in [0, 0.1) is 0 Å². The zero-order chi connectivity index (χ0) is 16.4. The monoisotopic (exact) mass is 342 g/mol. The molecule has 1 amide bonds. The van der Waals surface area contributed by atoms with E-state index in [1.165, 1.54) is 0 Å². The van der Waals surface area contributed by atoms with E-state index in [2.05, 4.69) is 10.3 Å². The normalized spacial score (nSPS) is 17.2. The summed E-state index contributed by atoms with van der Waals surface area (Å²) < 4.78 is 12.5. The number of fused-ring (bicyclic) bond motifs is 1. The van der Waals surface area contributed by atoms with Crippen molar-refractivity contribution in [1.29, 1.82) is 0 Å². The largest absolute Gasteiger partial charge is 0.489 e. The van der Waals surface area contributed by atoms with Gasteiger partial charge >= 0.3 is 0 Å². The van der Waals surface area contributed by atoms with Crippen molar-refractivity contribution in [2.45, 2.75) is 18.9 Å². The number of hydrogen-bond acceptors (Lipinski definition) is 4. The third-order valence-electron chi connectivity index (χ3n) is 4.07. The molecule has 3 aromatic rings. The van der Waals surface area contributed by atoms with Crippen molar-refractivity contribution in [3.63, 3.8) is 0 Å². The van der Waals surface area contributed by atoms with Gasteiger partial charge in [0.2, 0.25) is 0 Å². The number of aromatic amines is 1. The first-order valence-corrected chi connectivity index (χ1v) is 8.88. The fourth-order valence-electron chi connectivity index (χ4n) is 2.81. The average Bonchev–Trinajstić information content (AvgIpc) is 3.31. The summed E-state index contributed by atoms with van der Waals surface area (Å²) in [5.41, 5.74) is 2.19. The van der Waals surface area contributed by atoms with Crippen molar-refractivity contribution in [2.24, 2.45) is 0 Å². The maximum atomic E-state index is 12.5. The molecule has 1 saturated heterocycles. The molecule has 4 rings (SSSR count). The minimum atomic E-state index is -0.174. The van der Waals surface area contributed by atoms with Gasteiger partial charge in [0.1, 0.15) is 18.1 Å². The summed E-state index contributed by atoms with van der Waals surface area (Å²) in [4.78, 5) is 15.6. The van der Waals surface area contributed by atoms with Crippen molar-refractivity contribution >= 4 is 33.1 Å². The first-order valence-electron chi connectivity index (χ1n) is 8.00. The van der Waals surface area contributed by atoms with E-state index in [1.807, 2.05) is 41.8 Å². The van der Waals surface area contributed by atoms with Gasteiger partial charge in [-0.1, -0.05) is 12.1 Å². The van der Waals surface area contributed by atoms with E-state index >= 15 is 0 Å². The summed E-state index contributed by atoms with van der Waals surface area (Å²) in [5.74, 6) is 0.487. The maximum absolute atomic E-state index is 12.5. The second-order valence-electron chi connectivity index (χ2n) is 5.78. The van der Waals surface area contributed by atoms with Crippen LogP contribution < -0.4 is 10.1 Å². The Hall–Kier alpha value is -2.31. The molecule has 0 bridgehead atoms. The van der Waals surface area contributed by atoms with Gasteiger partial charge in [0.15, 0.2) is 0 Å². The summed E-state index contributed by atoms with van der Waals surface area (Å²) in [5, 5.41) is 4.92. The summed E-state index contributed by atoms with van der Waals surface area (Å²) in [6, 6.07) is 11.3. The van der Waals surface area contributed by atoms with E-state index in [0.29, 0.717) is 23.7 Å². The predicted molar refractivity (Wildman–Crippen MR) is 95.0 cm³/mol. The second kappa shape index (κ2) is 6.67. The Labute approximate surface area is 143 Å². The minimum absolute atomic E-state index is 0.143. The number of para-hydroxylation sites is 2. The highest BCUT2D eigenvalue weighted by Gasteiger charge is 2.17. The van der Waals surface area contributed by atoms with Crippen LogP contribution in [-0.2, 0) is 4.74 Å². The van der Waals surface area contributed by atoms with Gasteiger partial charge in [-0.25, -0.2) is 0 Å². The highest BCUT2D eigenvalue weighted by atomic mass is 32.1. The van der Waals surface area contributed by atoms with Crippen molar-refractivity contribution < 1.29 is 14.3 Å². The van der Waals surface area contributed by atoms with Crippen molar-refractivity contribution in [1.82, 2.24) is 4.98 Å². The standard InChI is InChI=1S/C18H18N2O3S/c21-18(15-10-17-14(19-15)7-9-24-17)20-13-5-1-2-6-16(13)23-11-12-4-3-8-22-12/h1-2,5-7,9-10,12,19H,3-4,8,11H2,(H,20,21). The fraction of sp³-hybridized carbons (Fsp3) is 0.278. The van der Waals surface area contributed by atoms with Gasteiger partial charge in [-0.15, -0.1) is 11.3 Å². The summed E-state index contributed by atoms with van der Waals surface area (Å²) in [7, 11) is 0. The molecule has 1 aromatic carbocycles. The van der Waals surface area contributed by atoms with Crippen LogP contribution in [-0.4, -0.2) is 30.2 Å². The quantitative estimate of drug-likeness (QED) is 0.735. The minimum Gasteiger partial charge on any atom is -0.489 e. The number of benzene rings is 1. The van der Waals surface area contributed by atoms with Crippen molar-refractivity contribution in [2.75, 3.05) is 18.5 Å². The molecule has 1 aliphatic heterocycles. The van der Waals surface area contributed by atoms with E-state index in [-0.39, 0.29) is 12.0 Å². The Balaban J connectivity index is 1.47. The summed E-state index contributed by atoms with van der Waals surface area (Å²) in [6.07, 6.45) is 2.24. The Morgan fingerprint density at radius 1 is 1.38 bits per heavy atom. The number of rotatable bonds is 5. The lowest BCUT2D eigenvalue weighted by atomic mass is 10.2. The smallest absolute Gasteiger partial charge is 0.272 e. The van der Waals surface area contributed by atoms with Crippen LogP contribution in [0.5, 0.6) is 5.75 Å². The van der Waals surface area contributed by atoms with Crippen LogP contribution in [0.3, 0.4) is 0 Å². The first-order chi connectivity index (χ1) is 11.8. The molecule has 0 spiro atoms. The van der Waals surface area contributed by atoms with Crippen molar-refractivity contribution in [3.05, 3.63) is 47.5 Å². The fourth-order valence-corrected chi connectivity index (χ4v) is 3.60. The van der Waals surface area contributed by atoms with Crippen LogP contribution in [0.4, 0.5) is 5.69 Å². The molecule has 1 atom stereocenters. The topological polar surface area (TPSA) is 63.4 Å². The molecular formula is C18H18N2O3S. The number of hydrogen-bond donors (Lipinski definition) is 2. The third-order valence-corrected chi connectivity index (χ3v) is 4.93. The number of carbonyl (C=O) groups is 1. The van der Waals surface area contributed by atoms with Crippen LogP contribution in [0.15, 0.2) is 41.8 Å². The highest BCUT2D eigenvalue weighted by molar-refractivity contribution is 7.17. The molecule has 6 heteroatoms. The number of aromatic nitrogens is 1. The lowest BCUT2D eigenvalue weighted by Crippen LogP contribution is -2.18. The zero-order valence-electron chi connectivity index (χ0n) is 13.1. The number of anilines is 1. The Kier molecular flexibility index (Phi) is 4.23. The Morgan fingerprint density at radius 3 is 3.12 bits per heavy atom. The van der Waals surface area contributed by atoms with Gasteiger partial charge in [-0.05, 0) is 42.5 Å². The van der Waals surface area contributed by atoms with E-state index < -0.39 is 0 Å². The van der Waals surface area contributed by atoms with Crippen LogP contribution in [0.25, 0.3) is 10.2 Å². The molecule has 0 saturated carbocycles. The lowest BCUT2D eigenvalue weighted by molar-refractivity contribution is 0.0682. The zero-order valence-corrected chi connectivity index (χ0v) is 13.9. The molecule has 2 aromatic heterocycles. The molecule has 0 radical (unpaired) electrons. The number of nitrogens with one attached hydrogen (secondary N) is 2. The lowest BCUT2D eigenvalue weighted by Gasteiger charge is -2.15. The van der Waals surface area contributed by atoms with Gasteiger partial charge in [0.05, 0.1) is 22.0 Å². The molecule has 1 fully saturated rings. The maximum Gasteiger partial charge on any atom is 0.272 e. The number of thiophene rings is 1. The summed E-state index contributed by atoms with van der Waals surface area (Å²) in [6.45, 7) is 1.31. The van der Waals surface area contributed by atoms with Crippen LogP contribution in [0.2, 0.25) is 0 Å². The van der Waals surface area contributed by atoms with Crippen LogP contribution >= 0.6 is 11.3 Å². The highest BCUT2D eigenvalue weighted by Crippen LogP contribution is 2.27. The van der Waals surface area contributed by atoms with Crippen molar-refractivity contribution in [3.8, 4) is 5.75 Å². The third kappa shape index (κ3) is 3.16. The van der Waals surface area contributed by atoms with Gasteiger partial charge < -0.3 is 19.8 Å². The van der Waals surface area contributed by atoms with E-state index in [1.54, 1.807) is 11.3 Å². The van der Waals surface area contributed by atoms with E-state index in [4.69, 9.17) is 9.47 Å². The molecule has 124 valence electrons. The Morgan fingerprint density at radius 2 is 2.29 bits per heavy atom.